The van der Waals surface area contributed by atoms with Gasteiger partial charge in [-0.1, -0.05) is 0 Å². The zero-order chi connectivity index (χ0) is 13.0. The van der Waals surface area contributed by atoms with Gasteiger partial charge >= 0.3 is 0 Å². The topological polar surface area (TPSA) is 67.2 Å². The highest BCUT2D eigenvalue weighted by Crippen LogP contribution is 2.27. The Hall–Kier alpha value is -1.43. The molecule has 98 valence electrons. The molecule has 1 fully saturated rings. The van der Waals surface area contributed by atoms with Crippen molar-refractivity contribution in [2.75, 3.05) is 28.7 Å². The molecule has 5 nitrogen and oxygen atoms in total. The highest BCUT2D eigenvalue weighted by Gasteiger charge is 2.17. The van der Waals surface area contributed by atoms with Crippen LogP contribution in [0.1, 0.15) is 13.3 Å². The molecule has 2 N–H and O–H groups in total. The second-order valence-corrected chi connectivity index (χ2v) is 5.41. The third kappa shape index (κ3) is 3.29. The van der Waals surface area contributed by atoms with Gasteiger partial charge in [0, 0.05) is 41.8 Å². The maximum atomic E-state index is 10.9. The lowest BCUT2D eigenvalue weighted by molar-refractivity contribution is -0.384. The number of anilines is 2. The Kier molecular flexibility index (Phi) is 4.30. The van der Waals surface area contributed by atoms with Crippen molar-refractivity contribution in [3.63, 3.8) is 0 Å². The molecule has 0 spiro atoms. The lowest BCUT2D eigenvalue weighted by Gasteiger charge is -2.14. The van der Waals surface area contributed by atoms with Gasteiger partial charge in [0.25, 0.3) is 5.69 Å². The average Bonchev–Trinajstić information content (AvgIpc) is 2.82. The van der Waals surface area contributed by atoms with Gasteiger partial charge in [0.05, 0.1) is 4.92 Å². The summed E-state index contributed by atoms with van der Waals surface area (Å²) < 4.78 is 0. The first-order valence-corrected chi connectivity index (χ1v) is 7.22. The molecule has 0 aromatic heterocycles. The standard InChI is InChI=1S/C12H17N3O2S/c1-2-13-10-5-11(7-12(6-10)15(16)17)14-9-3-4-18-8-9/h5-7,9,13-14H,2-4,8H2,1H3. The normalized spacial score (nSPS) is 18.6. The fourth-order valence-electron chi connectivity index (χ4n) is 1.99. The van der Waals surface area contributed by atoms with Crippen molar-refractivity contribution in [2.24, 2.45) is 0 Å². The van der Waals surface area contributed by atoms with Crippen molar-refractivity contribution in [1.82, 2.24) is 0 Å². The second kappa shape index (κ2) is 5.95. The summed E-state index contributed by atoms with van der Waals surface area (Å²) in [5.74, 6) is 2.23. The van der Waals surface area contributed by atoms with Crippen molar-refractivity contribution in [1.29, 1.82) is 0 Å². The Balaban J connectivity index is 2.18. The van der Waals surface area contributed by atoms with E-state index in [1.165, 1.54) is 0 Å². The Bertz CT molecular complexity index is 433. The van der Waals surface area contributed by atoms with E-state index in [2.05, 4.69) is 10.6 Å². The fraction of sp³-hybridized carbons (Fsp3) is 0.500. The fourth-order valence-corrected chi connectivity index (χ4v) is 3.14. The minimum absolute atomic E-state index is 0.126. The summed E-state index contributed by atoms with van der Waals surface area (Å²) in [7, 11) is 0. The maximum Gasteiger partial charge on any atom is 0.273 e. The predicted molar refractivity (Wildman–Crippen MR) is 76.6 cm³/mol. The van der Waals surface area contributed by atoms with Gasteiger partial charge in [-0.3, -0.25) is 10.1 Å². The van der Waals surface area contributed by atoms with Gasteiger partial charge < -0.3 is 10.6 Å². The van der Waals surface area contributed by atoms with E-state index >= 15 is 0 Å². The summed E-state index contributed by atoms with van der Waals surface area (Å²) in [5, 5.41) is 17.4. The molecule has 1 saturated heterocycles. The van der Waals surface area contributed by atoms with Gasteiger partial charge in [-0.15, -0.1) is 0 Å². The first-order chi connectivity index (χ1) is 8.69. The zero-order valence-electron chi connectivity index (χ0n) is 10.3. The number of nitro benzene ring substituents is 1. The molecule has 0 amide bonds. The number of rotatable bonds is 5. The molecule has 6 heteroatoms. The van der Waals surface area contributed by atoms with E-state index in [9.17, 15) is 10.1 Å². The van der Waals surface area contributed by atoms with Gasteiger partial charge in [-0.2, -0.15) is 11.8 Å². The zero-order valence-corrected chi connectivity index (χ0v) is 11.1. The molecule has 18 heavy (non-hydrogen) atoms. The Morgan fingerprint density at radius 1 is 1.44 bits per heavy atom. The molecule has 0 radical (unpaired) electrons. The number of nitro groups is 1. The highest BCUT2D eigenvalue weighted by atomic mass is 32.2. The highest BCUT2D eigenvalue weighted by molar-refractivity contribution is 7.99. The summed E-state index contributed by atoms with van der Waals surface area (Å²) in [6, 6.07) is 5.52. The lowest BCUT2D eigenvalue weighted by atomic mass is 10.2. The van der Waals surface area contributed by atoms with Crippen molar-refractivity contribution < 1.29 is 4.92 Å². The Morgan fingerprint density at radius 3 is 2.83 bits per heavy atom. The van der Waals surface area contributed by atoms with Crippen molar-refractivity contribution in [3.8, 4) is 0 Å². The molecular formula is C12H17N3O2S. The molecule has 0 saturated carbocycles. The van der Waals surface area contributed by atoms with Crippen molar-refractivity contribution in [2.45, 2.75) is 19.4 Å². The molecule has 0 aliphatic carbocycles. The molecule has 1 aromatic rings. The summed E-state index contributed by atoms with van der Waals surface area (Å²) in [6.07, 6.45) is 1.11. The largest absolute Gasteiger partial charge is 0.385 e. The summed E-state index contributed by atoms with van der Waals surface area (Å²) in [5.41, 5.74) is 1.74. The maximum absolute atomic E-state index is 10.9. The molecule has 1 aromatic carbocycles. The molecule has 1 aliphatic rings. The van der Waals surface area contributed by atoms with Crippen LogP contribution in [0.15, 0.2) is 18.2 Å². The number of benzene rings is 1. The SMILES string of the molecule is CCNc1cc(NC2CCSC2)cc([N+](=O)[O-])c1. The molecule has 2 rings (SSSR count). The second-order valence-electron chi connectivity index (χ2n) is 4.26. The predicted octanol–water partition coefficient (Wildman–Crippen LogP) is 2.94. The number of hydrogen-bond acceptors (Lipinski definition) is 5. The lowest BCUT2D eigenvalue weighted by Crippen LogP contribution is -2.18. The summed E-state index contributed by atoms with van der Waals surface area (Å²) >= 11 is 1.91. The Labute approximate surface area is 110 Å². The Morgan fingerprint density at radius 2 is 2.22 bits per heavy atom. The van der Waals surface area contributed by atoms with Crippen LogP contribution in [0.3, 0.4) is 0 Å². The van der Waals surface area contributed by atoms with Crippen LogP contribution in [-0.4, -0.2) is 29.0 Å². The van der Waals surface area contributed by atoms with Crippen LogP contribution in [0.25, 0.3) is 0 Å². The quantitative estimate of drug-likeness (QED) is 0.634. The van der Waals surface area contributed by atoms with Gasteiger partial charge in [0.15, 0.2) is 0 Å². The van der Waals surface area contributed by atoms with E-state index < -0.39 is 0 Å². The van der Waals surface area contributed by atoms with Crippen LogP contribution in [0.5, 0.6) is 0 Å². The van der Waals surface area contributed by atoms with Gasteiger partial charge in [-0.05, 0) is 25.2 Å². The smallest absolute Gasteiger partial charge is 0.273 e. The molecule has 1 atom stereocenters. The average molecular weight is 267 g/mol. The van der Waals surface area contributed by atoms with E-state index in [4.69, 9.17) is 0 Å². The number of thioether (sulfide) groups is 1. The van der Waals surface area contributed by atoms with Crippen LogP contribution in [0.4, 0.5) is 17.1 Å². The van der Waals surface area contributed by atoms with Crippen LogP contribution in [-0.2, 0) is 0 Å². The monoisotopic (exact) mass is 267 g/mol. The van der Waals surface area contributed by atoms with E-state index in [-0.39, 0.29) is 10.6 Å². The molecule has 0 bridgehead atoms. The third-order valence-electron chi connectivity index (χ3n) is 2.81. The van der Waals surface area contributed by atoms with E-state index in [1.807, 2.05) is 24.8 Å². The van der Waals surface area contributed by atoms with Crippen LogP contribution >= 0.6 is 11.8 Å². The third-order valence-corrected chi connectivity index (χ3v) is 3.97. The van der Waals surface area contributed by atoms with Gasteiger partial charge in [0.1, 0.15) is 0 Å². The van der Waals surface area contributed by atoms with Crippen LogP contribution in [0.2, 0.25) is 0 Å². The molecule has 1 heterocycles. The van der Waals surface area contributed by atoms with E-state index in [1.54, 1.807) is 12.1 Å². The first-order valence-electron chi connectivity index (χ1n) is 6.06. The molecule has 1 unspecified atom stereocenters. The minimum atomic E-state index is -0.352. The number of nitrogens with one attached hydrogen (secondary N) is 2. The van der Waals surface area contributed by atoms with Gasteiger partial charge in [-0.25, -0.2) is 0 Å². The number of nitrogens with zero attached hydrogens (tertiary/aromatic N) is 1. The van der Waals surface area contributed by atoms with Crippen molar-refractivity contribution in [3.05, 3.63) is 28.3 Å². The van der Waals surface area contributed by atoms with Crippen LogP contribution < -0.4 is 10.6 Å². The van der Waals surface area contributed by atoms with Crippen molar-refractivity contribution >= 4 is 28.8 Å². The van der Waals surface area contributed by atoms with E-state index in [0.29, 0.717) is 6.04 Å². The van der Waals surface area contributed by atoms with Gasteiger partial charge in [0.2, 0.25) is 0 Å². The van der Waals surface area contributed by atoms with E-state index in [0.717, 1.165) is 35.8 Å². The number of non-ortho nitro benzene ring substituents is 1. The summed E-state index contributed by atoms with van der Waals surface area (Å²) in [6.45, 7) is 2.72. The minimum Gasteiger partial charge on any atom is -0.385 e. The number of hydrogen-bond donors (Lipinski definition) is 2. The van der Waals surface area contributed by atoms with Crippen LogP contribution in [0, 0.1) is 10.1 Å². The molecular weight excluding hydrogens is 250 g/mol. The first kappa shape index (κ1) is 13.0. The molecule has 1 aliphatic heterocycles. The summed E-state index contributed by atoms with van der Waals surface area (Å²) in [4.78, 5) is 10.5.